The van der Waals surface area contributed by atoms with Gasteiger partial charge in [-0.05, 0) is 137 Å². The second-order valence-electron chi connectivity index (χ2n) is 29.6. The summed E-state index contributed by atoms with van der Waals surface area (Å²) in [6.07, 6.45) is 1.10. The monoisotopic (exact) mass is 1780 g/mol. The first kappa shape index (κ1) is 105. The molecular weight excluding hydrogens is 1670 g/mol. The lowest BCUT2D eigenvalue weighted by atomic mass is 10.0. The minimum absolute atomic E-state index is 0. The predicted octanol–water partition coefficient (Wildman–Crippen LogP) is 5.84. The Morgan fingerprint density at radius 1 is 0.452 bits per heavy atom. The minimum Gasteiger partial charge on any atom is -0.463 e. The van der Waals surface area contributed by atoms with Gasteiger partial charge in [0, 0.05) is 107 Å². The Hall–Kier alpha value is -10.9. The smallest absolute Gasteiger partial charge is 0.463 e. The second-order valence-corrected chi connectivity index (χ2v) is 29.6. The highest BCUT2D eigenvalue weighted by Crippen LogP contribution is 2.32. The van der Waals surface area contributed by atoms with Crippen molar-refractivity contribution in [1.29, 1.82) is 0 Å². The number of halogens is 2. The lowest BCUT2D eigenvalue weighted by molar-refractivity contribution is -0.384. The summed E-state index contributed by atoms with van der Waals surface area (Å²) in [6, 6.07) is 19.5. The summed E-state index contributed by atoms with van der Waals surface area (Å²) in [4.78, 5) is 181. The summed E-state index contributed by atoms with van der Waals surface area (Å²) >= 11 is 0. The normalized spacial score (nSPS) is 16.1. The molecule has 0 saturated carbocycles. The summed E-state index contributed by atoms with van der Waals surface area (Å²) in [6.45, 7) is 21.4. The van der Waals surface area contributed by atoms with Gasteiger partial charge in [0.1, 0.15) is 54.9 Å². The number of amides is 11. The molecule has 6 aliphatic heterocycles. The molecule has 0 radical (unpaired) electrons. The van der Waals surface area contributed by atoms with E-state index in [9.17, 15) is 77.2 Å². The van der Waals surface area contributed by atoms with Crippen LogP contribution in [0.3, 0.4) is 0 Å². The zero-order valence-corrected chi connectivity index (χ0v) is 72.7. The van der Waals surface area contributed by atoms with E-state index in [0.717, 1.165) is 33.4 Å². The number of benzene rings is 4. The second kappa shape index (κ2) is 54.7. The Kier molecular flexibility index (Phi) is 46.5. The van der Waals surface area contributed by atoms with E-state index in [4.69, 9.17) is 68.3 Å². The molecular formula is C83H115Cl2N11O28. The number of esters is 2. The standard InChI is InChI=1S/C27H37N3O9.C22H29N3O7.C18H26N2O9.C14H15N3O3.C2H6.2ClH/c1-27(2,3)39-26(35)28-10-11-36-12-13-37-14-15-38-23(32)9-5-18-4-6-20-19(16-18)17-30(25(20)34)21-7-8-22(31)29-24(21)33;23-7-8-30-9-10-31-11-12-32-20(27)6-2-15-1-3-17-16(13-15)14-25(22(17)29)18-4-5-19(26)24-21(18)28;1-18(2,3)29-16(21)19-8-9-25-10-11-26-12-13-27-17(22)28-15-6-4-14(5-7-15)20(23)24;15-6-8-1-2-10-9(5-8)7-17(14(10)20)11-3-4-12(18)16-13(11)19;1-2;;/h4,6,16,21H,5,7-15,17H2,1-3H3,(H,28,35)(H,29,31,33);1,3,13,18H,2,4-12,14,23H2,(H,24,26,28);4-7H,8-13H2,1-3H3,(H,19,21);1-2,5,11H,3-4,6-7,15H2,(H,16,18,19);1-2H3;2*1H. The topological polar surface area (TPSA) is 515 Å². The van der Waals surface area contributed by atoms with Crippen molar-refractivity contribution in [2.75, 3.05) is 119 Å². The number of nitrogens with zero attached hydrogens (tertiary/aromatic N) is 4. The zero-order chi connectivity index (χ0) is 89.3. The first-order chi connectivity index (χ1) is 58.3. The number of fused-ring (bicyclic) bond motifs is 3. The van der Waals surface area contributed by atoms with Gasteiger partial charge in [0.25, 0.3) is 23.4 Å². The van der Waals surface area contributed by atoms with Crippen molar-refractivity contribution >= 4 is 114 Å². The number of nitrogens with two attached hydrogens (primary N) is 2. The highest BCUT2D eigenvalue weighted by molar-refractivity contribution is 6.07. The highest BCUT2D eigenvalue weighted by Gasteiger charge is 2.42. The fourth-order valence-corrected chi connectivity index (χ4v) is 12.5. The van der Waals surface area contributed by atoms with Crippen molar-refractivity contribution in [2.45, 2.75) is 175 Å². The predicted molar refractivity (Wildman–Crippen MR) is 447 cm³/mol. The molecule has 684 valence electrons. The van der Waals surface area contributed by atoms with E-state index in [-0.39, 0.29) is 161 Å². The van der Waals surface area contributed by atoms with E-state index in [1.165, 1.54) is 39.0 Å². The molecule has 0 bridgehead atoms. The van der Waals surface area contributed by atoms with Gasteiger partial charge in [-0.2, -0.15) is 0 Å². The number of imide groups is 3. The van der Waals surface area contributed by atoms with Gasteiger partial charge in [-0.15, -0.1) is 24.8 Å². The summed E-state index contributed by atoms with van der Waals surface area (Å²) in [5, 5.41) is 22.6. The van der Waals surface area contributed by atoms with E-state index in [1.54, 1.807) is 65.8 Å². The number of rotatable bonds is 38. The fraction of sp³-hybridized carbons (Fsp3) is 0.542. The largest absolute Gasteiger partial charge is 0.513 e. The fourth-order valence-electron chi connectivity index (χ4n) is 12.5. The quantitative estimate of drug-likeness (QED) is 0.00527. The molecule has 6 heterocycles. The van der Waals surface area contributed by atoms with Crippen LogP contribution in [0.5, 0.6) is 5.75 Å². The number of nitro benzene ring substituents is 1. The maximum atomic E-state index is 12.8. The molecule has 3 fully saturated rings. The Balaban J connectivity index is 0.000000350. The van der Waals surface area contributed by atoms with Crippen molar-refractivity contribution in [3.63, 3.8) is 0 Å². The van der Waals surface area contributed by atoms with Gasteiger partial charge < -0.3 is 93.6 Å². The van der Waals surface area contributed by atoms with Gasteiger partial charge in [-0.1, -0.05) is 50.2 Å². The number of carbonyl (C=O) groups is 14. The van der Waals surface area contributed by atoms with Crippen LogP contribution >= 0.6 is 24.8 Å². The molecule has 3 unspecified atom stereocenters. The third kappa shape index (κ3) is 36.9. The van der Waals surface area contributed by atoms with E-state index in [1.807, 2.05) is 44.2 Å². The third-order valence-electron chi connectivity index (χ3n) is 18.1. The Morgan fingerprint density at radius 2 is 0.774 bits per heavy atom. The van der Waals surface area contributed by atoms with Crippen LogP contribution in [-0.2, 0) is 129 Å². The lowest BCUT2D eigenvalue weighted by Crippen LogP contribution is -2.52. The molecule has 3 saturated heterocycles. The average molecular weight is 1790 g/mol. The lowest BCUT2D eigenvalue weighted by Gasteiger charge is -2.29. The van der Waals surface area contributed by atoms with E-state index >= 15 is 0 Å². The Bertz CT molecular complexity index is 4260. The third-order valence-corrected chi connectivity index (χ3v) is 18.1. The molecule has 41 heteroatoms. The number of nitrogens with one attached hydrogen (secondary N) is 5. The van der Waals surface area contributed by atoms with Crippen LogP contribution in [0.1, 0.15) is 171 Å². The molecule has 6 aliphatic rings. The van der Waals surface area contributed by atoms with Crippen LogP contribution in [0, 0.1) is 10.1 Å². The Morgan fingerprint density at radius 3 is 1.10 bits per heavy atom. The number of hydrogen-bond acceptors (Lipinski definition) is 30. The number of hydrogen-bond donors (Lipinski definition) is 7. The van der Waals surface area contributed by atoms with Crippen LogP contribution in [0.25, 0.3) is 0 Å². The number of carbonyl (C=O) groups excluding carboxylic acids is 14. The van der Waals surface area contributed by atoms with Gasteiger partial charge in [-0.25, -0.2) is 14.4 Å². The van der Waals surface area contributed by atoms with Crippen LogP contribution in [0.15, 0.2) is 78.9 Å². The van der Waals surface area contributed by atoms with Gasteiger partial charge in [0.2, 0.25) is 35.4 Å². The molecule has 3 atom stereocenters. The molecule has 4 aromatic rings. The Labute approximate surface area is 730 Å². The number of non-ortho nitro benzene ring substituents is 1. The van der Waals surface area contributed by atoms with Crippen LogP contribution < -0.4 is 42.8 Å². The van der Waals surface area contributed by atoms with E-state index in [2.05, 4.69) is 26.6 Å². The maximum absolute atomic E-state index is 12.8. The number of alkyl carbamates (subject to hydrolysis) is 2. The molecule has 0 aromatic heterocycles. The molecule has 39 nitrogen and oxygen atoms in total. The van der Waals surface area contributed by atoms with Crippen molar-refractivity contribution < 1.29 is 129 Å². The molecule has 0 spiro atoms. The number of piperidine rings is 3. The van der Waals surface area contributed by atoms with Gasteiger partial charge in [0.15, 0.2) is 0 Å². The van der Waals surface area contributed by atoms with E-state index < -0.39 is 64.4 Å². The number of ether oxygens (including phenoxy) is 12. The summed E-state index contributed by atoms with van der Waals surface area (Å²) < 4.78 is 61.9. The molecule has 10 rings (SSSR count). The van der Waals surface area contributed by atoms with Crippen molar-refractivity contribution in [3.05, 3.63) is 139 Å². The molecule has 124 heavy (non-hydrogen) atoms. The van der Waals surface area contributed by atoms with Crippen molar-refractivity contribution in [3.8, 4) is 5.75 Å². The van der Waals surface area contributed by atoms with Crippen LogP contribution in [-0.4, -0.2) is 251 Å². The number of aryl methyl sites for hydroxylation is 2. The molecule has 11 amide bonds. The summed E-state index contributed by atoms with van der Waals surface area (Å²) in [5.74, 6) is -3.32. The SMILES string of the molecule is CC.CC(C)(C)OC(=O)NCCOCCOCCOC(=O)CCc1ccc2c(c1)CN(C1CCC(=O)NC1=O)C2=O.CC(C)(C)OC(=O)NCCOCCOCCOC(=O)Oc1ccc([N+](=O)[O-])cc1.Cl.Cl.NCCOCCOCCOC(=O)CCc1ccc2c(c1)CN(C1CCC(=O)NC1=O)C2=O.NCc1ccc2c(c1)CN(C1CCC(=O)NC1=O)C2=O. The average Bonchev–Trinajstić information content (AvgIpc) is 1.64. The number of nitro groups is 1. The summed E-state index contributed by atoms with van der Waals surface area (Å²) in [7, 11) is 0. The first-order valence-electron chi connectivity index (χ1n) is 40.3. The van der Waals surface area contributed by atoms with E-state index in [0.29, 0.717) is 154 Å². The van der Waals surface area contributed by atoms with Crippen LogP contribution in [0.2, 0.25) is 0 Å². The minimum atomic E-state index is -0.938. The first-order valence-corrected chi connectivity index (χ1v) is 40.3. The van der Waals surface area contributed by atoms with Crippen molar-refractivity contribution in [2.24, 2.45) is 11.5 Å². The molecule has 0 aliphatic carbocycles. The van der Waals surface area contributed by atoms with Gasteiger partial charge in [-0.3, -0.25) is 78.8 Å². The molecule has 9 N–H and O–H groups in total. The van der Waals surface area contributed by atoms with Crippen LogP contribution in [0.4, 0.5) is 20.1 Å². The summed E-state index contributed by atoms with van der Waals surface area (Å²) in [5.41, 5.74) is 16.7. The molecule has 4 aromatic carbocycles. The van der Waals surface area contributed by atoms with Gasteiger partial charge in [0.05, 0.1) is 84.2 Å². The van der Waals surface area contributed by atoms with Crippen molar-refractivity contribution in [1.82, 2.24) is 41.3 Å². The maximum Gasteiger partial charge on any atom is 0.513 e. The zero-order valence-electron chi connectivity index (χ0n) is 71.1. The van der Waals surface area contributed by atoms with Gasteiger partial charge >= 0.3 is 30.3 Å². The highest BCUT2D eigenvalue weighted by atomic mass is 35.5.